The van der Waals surface area contributed by atoms with Gasteiger partial charge in [-0.15, -0.1) is 0 Å². The van der Waals surface area contributed by atoms with E-state index in [4.69, 9.17) is 4.74 Å². The van der Waals surface area contributed by atoms with Gasteiger partial charge < -0.3 is 9.29 Å². The topological polar surface area (TPSA) is 72.9 Å². The Morgan fingerprint density at radius 1 is 1.47 bits per heavy atom. The molecule has 0 spiro atoms. The lowest BCUT2D eigenvalue weighted by Gasteiger charge is -2.43. The normalized spacial score (nSPS) is 17.6. The Kier molecular flexibility index (Phi) is 4.52. The van der Waals surface area contributed by atoms with Crippen molar-refractivity contribution in [3.63, 3.8) is 0 Å². The number of hydrogen-bond acceptors (Lipinski definition) is 5. The molecule has 1 atom stereocenters. The van der Waals surface area contributed by atoms with Gasteiger partial charge in [0.25, 0.3) is 0 Å². The van der Waals surface area contributed by atoms with E-state index in [0.717, 1.165) is 5.56 Å². The summed E-state index contributed by atoms with van der Waals surface area (Å²) < 4.78 is 27.8. The van der Waals surface area contributed by atoms with E-state index in [1.165, 1.54) is 5.01 Å². The van der Waals surface area contributed by atoms with Crippen LogP contribution in [0.15, 0.2) is 30.3 Å². The quantitative estimate of drug-likeness (QED) is 0.778. The molecule has 2 rings (SSSR count). The van der Waals surface area contributed by atoms with Gasteiger partial charge in [-0.25, -0.2) is 9.80 Å². The minimum absolute atomic E-state index is 0.0523. The highest BCUT2D eigenvalue weighted by molar-refractivity contribution is 7.77. The Bertz CT molecular complexity index is 462. The summed E-state index contributed by atoms with van der Waals surface area (Å²) in [6.07, 6.45) is -0.871. The average molecular weight is 283 g/mol. The van der Waals surface area contributed by atoms with Crippen LogP contribution in [0.2, 0.25) is 0 Å². The zero-order valence-electron chi connectivity index (χ0n) is 10.5. The maximum atomic E-state index is 11.8. The molecule has 1 fully saturated rings. The number of ether oxygens (including phenoxy) is 1. The van der Waals surface area contributed by atoms with E-state index in [9.17, 15) is 13.6 Å². The molecular weight excluding hydrogens is 268 g/mol. The number of benzene rings is 1. The Morgan fingerprint density at radius 2 is 2.11 bits per heavy atom. The van der Waals surface area contributed by atoms with Crippen molar-refractivity contribution in [3.8, 4) is 0 Å². The molecule has 6 nitrogen and oxygen atoms in total. The van der Waals surface area contributed by atoms with Gasteiger partial charge >= 0.3 is 6.09 Å². The summed E-state index contributed by atoms with van der Waals surface area (Å²) >= 11 is -2.65. The molecule has 104 valence electrons. The molecule has 1 aliphatic rings. The molecule has 1 amide bonds. The fourth-order valence-corrected chi connectivity index (χ4v) is 2.36. The highest BCUT2D eigenvalue weighted by Crippen LogP contribution is 2.19. The highest BCUT2D eigenvalue weighted by Gasteiger charge is 2.33. The second-order valence-electron chi connectivity index (χ2n) is 4.51. The van der Waals surface area contributed by atoms with Crippen LogP contribution in [0.5, 0.6) is 0 Å². The third-order valence-electron chi connectivity index (χ3n) is 2.80. The van der Waals surface area contributed by atoms with E-state index in [0.29, 0.717) is 23.4 Å². The molecule has 19 heavy (non-hydrogen) atoms. The van der Waals surface area contributed by atoms with Gasteiger partial charge in [0, 0.05) is 13.1 Å². The first-order valence-electron chi connectivity index (χ1n) is 5.93. The van der Waals surface area contributed by atoms with E-state index in [1.54, 1.807) is 12.1 Å². The van der Waals surface area contributed by atoms with Crippen molar-refractivity contribution in [2.45, 2.75) is 13.5 Å². The average Bonchev–Trinajstić information content (AvgIpc) is 2.35. The van der Waals surface area contributed by atoms with Crippen LogP contribution in [0.1, 0.15) is 12.5 Å². The molecule has 1 heterocycles. The molecule has 7 heteroatoms. The van der Waals surface area contributed by atoms with Gasteiger partial charge in [-0.1, -0.05) is 37.3 Å². The maximum Gasteiger partial charge on any atom is 0.436 e. The summed E-state index contributed by atoms with van der Waals surface area (Å²) in [5, 5.41) is 1.45. The number of hydrogen-bond donors (Lipinski definition) is 0. The van der Waals surface area contributed by atoms with E-state index in [1.807, 2.05) is 25.1 Å². The number of amides is 1. The van der Waals surface area contributed by atoms with Gasteiger partial charge in [-0.3, -0.25) is 4.21 Å². The summed E-state index contributed by atoms with van der Waals surface area (Å²) in [5.41, 5.74) is 0.810. The molecule has 0 aliphatic carbocycles. The minimum Gasteiger partial charge on any atom is -0.754 e. The van der Waals surface area contributed by atoms with Crippen molar-refractivity contribution in [2.24, 2.45) is 5.92 Å². The molecule has 0 radical (unpaired) electrons. The van der Waals surface area contributed by atoms with Crippen molar-refractivity contribution < 1.29 is 18.3 Å². The first-order chi connectivity index (χ1) is 9.08. The molecule has 1 unspecified atom stereocenters. The summed E-state index contributed by atoms with van der Waals surface area (Å²) in [5.74, 6) is 0.382. The predicted molar refractivity (Wildman–Crippen MR) is 68.1 cm³/mol. The van der Waals surface area contributed by atoms with Crippen LogP contribution in [0.4, 0.5) is 4.79 Å². The fourth-order valence-electron chi connectivity index (χ4n) is 1.86. The van der Waals surface area contributed by atoms with Crippen molar-refractivity contribution in [1.29, 1.82) is 0 Å². The summed E-state index contributed by atoms with van der Waals surface area (Å²) in [7, 11) is 0. The summed E-state index contributed by atoms with van der Waals surface area (Å²) in [6.45, 7) is 3.11. The van der Waals surface area contributed by atoms with Crippen LogP contribution < -0.4 is 0 Å². The zero-order chi connectivity index (χ0) is 13.8. The third kappa shape index (κ3) is 3.52. The zero-order valence-corrected chi connectivity index (χ0v) is 11.3. The van der Waals surface area contributed by atoms with Crippen molar-refractivity contribution in [1.82, 2.24) is 9.42 Å². The highest BCUT2D eigenvalue weighted by atomic mass is 32.2. The van der Waals surface area contributed by atoms with Gasteiger partial charge in [0.2, 0.25) is 0 Å². The monoisotopic (exact) mass is 283 g/mol. The van der Waals surface area contributed by atoms with Crippen LogP contribution in [-0.2, 0) is 22.6 Å². The van der Waals surface area contributed by atoms with Gasteiger partial charge in [0.15, 0.2) is 0 Å². The van der Waals surface area contributed by atoms with Crippen molar-refractivity contribution in [2.75, 3.05) is 13.1 Å². The third-order valence-corrected chi connectivity index (χ3v) is 3.47. The lowest BCUT2D eigenvalue weighted by Crippen LogP contribution is -2.57. The second-order valence-corrected chi connectivity index (χ2v) is 5.29. The molecule has 0 saturated carbocycles. The lowest BCUT2D eigenvalue weighted by molar-refractivity contribution is -0.0364. The predicted octanol–water partition coefficient (Wildman–Crippen LogP) is 1.29. The largest absolute Gasteiger partial charge is 0.754 e. The molecule has 1 aromatic carbocycles. The molecule has 0 bridgehead atoms. The van der Waals surface area contributed by atoms with Crippen LogP contribution in [0, 0.1) is 5.92 Å². The Hall–Kier alpha value is -1.44. The molecule has 1 aliphatic heterocycles. The lowest BCUT2D eigenvalue weighted by atomic mass is 10.1. The second kappa shape index (κ2) is 6.14. The van der Waals surface area contributed by atoms with E-state index >= 15 is 0 Å². The van der Waals surface area contributed by atoms with E-state index < -0.39 is 17.4 Å². The SMILES string of the molecule is CC1CN(N(C(=O)OCc2ccccc2)S(=O)[O-])C1. The number of rotatable bonds is 4. The molecular formula is C12H15N2O4S-. The molecule has 0 N–H and O–H groups in total. The molecule has 1 aromatic rings. The number of hydrazine groups is 1. The Balaban J connectivity index is 1.91. The standard InChI is InChI=1S/C12H16N2O4S/c1-10-7-13(8-10)14(19(16)17)12(15)18-9-11-5-3-2-4-6-11/h2-6,10H,7-9H2,1H3,(H,16,17)/p-1. The van der Waals surface area contributed by atoms with Crippen LogP contribution in [-0.4, -0.2) is 37.4 Å². The Morgan fingerprint density at radius 3 is 2.63 bits per heavy atom. The van der Waals surface area contributed by atoms with Crippen molar-refractivity contribution >= 4 is 17.4 Å². The van der Waals surface area contributed by atoms with Gasteiger partial charge in [-0.2, -0.15) is 4.41 Å². The van der Waals surface area contributed by atoms with Crippen LogP contribution in [0.3, 0.4) is 0 Å². The smallest absolute Gasteiger partial charge is 0.436 e. The minimum atomic E-state index is -2.65. The first-order valence-corrected chi connectivity index (χ1v) is 6.96. The van der Waals surface area contributed by atoms with E-state index in [2.05, 4.69) is 0 Å². The number of carbonyl (C=O) groups is 1. The van der Waals surface area contributed by atoms with Crippen LogP contribution >= 0.6 is 0 Å². The number of carbonyl (C=O) groups excluding carboxylic acids is 1. The summed E-state index contributed by atoms with van der Waals surface area (Å²) in [6, 6.07) is 9.11. The van der Waals surface area contributed by atoms with Gasteiger partial charge in [-0.05, 0) is 11.5 Å². The van der Waals surface area contributed by atoms with Crippen molar-refractivity contribution in [3.05, 3.63) is 35.9 Å². The Labute approximate surface area is 114 Å². The van der Waals surface area contributed by atoms with Gasteiger partial charge in [0.1, 0.15) is 6.61 Å². The fraction of sp³-hybridized carbons (Fsp3) is 0.417. The summed E-state index contributed by atoms with van der Waals surface area (Å²) in [4.78, 5) is 11.8. The van der Waals surface area contributed by atoms with Crippen LogP contribution in [0.25, 0.3) is 0 Å². The maximum absolute atomic E-state index is 11.8. The first kappa shape index (κ1) is 14.0. The van der Waals surface area contributed by atoms with E-state index in [-0.39, 0.29) is 6.61 Å². The molecule has 1 saturated heterocycles. The number of nitrogens with zero attached hydrogens (tertiary/aromatic N) is 2. The molecule has 0 aromatic heterocycles. The van der Waals surface area contributed by atoms with Gasteiger partial charge in [0.05, 0.1) is 11.3 Å².